The largest absolute Gasteiger partial charge is 0.323 e. The molecule has 0 aliphatic carbocycles. The maximum atomic E-state index is 12.5. The summed E-state index contributed by atoms with van der Waals surface area (Å²) in [6.45, 7) is 2.02. The molecular formula is C15H14N2OS2. The highest BCUT2D eigenvalue weighted by atomic mass is 32.1. The Kier molecular flexibility index (Phi) is 3.54. The number of rotatable bonds is 3. The number of hydrogen-bond acceptors (Lipinski definition) is 3. The average molecular weight is 302 g/mol. The summed E-state index contributed by atoms with van der Waals surface area (Å²) in [7, 11) is 0. The van der Waals surface area contributed by atoms with Crippen LogP contribution in [-0.2, 0) is 6.42 Å². The fraction of sp³-hybridized carbons (Fsp3) is 0.200. The summed E-state index contributed by atoms with van der Waals surface area (Å²) in [5.74, 6) is 0. The van der Waals surface area contributed by atoms with Gasteiger partial charge in [0.1, 0.15) is 4.83 Å². The predicted molar refractivity (Wildman–Crippen MR) is 86.1 cm³/mol. The van der Waals surface area contributed by atoms with Gasteiger partial charge in [0.05, 0.1) is 5.39 Å². The highest BCUT2D eigenvalue weighted by molar-refractivity contribution is 7.71. The summed E-state index contributed by atoms with van der Waals surface area (Å²) in [5.41, 5.74) is 1.19. The zero-order valence-corrected chi connectivity index (χ0v) is 12.6. The Bertz CT molecular complexity index is 845. The van der Waals surface area contributed by atoms with Gasteiger partial charge in [0, 0.05) is 6.04 Å². The van der Waals surface area contributed by atoms with Crippen LogP contribution in [0.2, 0.25) is 0 Å². The number of thiophene rings is 1. The van der Waals surface area contributed by atoms with E-state index < -0.39 is 0 Å². The van der Waals surface area contributed by atoms with Gasteiger partial charge in [-0.25, -0.2) is 0 Å². The number of aromatic nitrogens is 2. The van der Waals surface area contributed by atoms with Crippen molar-refractivity contribution in [3.63, 3.8) is 0 Å². The lowest BCUT2D eigenvalue weighted by Gasteiger charge is -2.15. The van der Waals surface area contributed by atoms with Gasteiger partial charge >= 0.3 is 0 Å². The Labute approximate surface area is 125 Å². The number of aromatic amines is 1. The second kappa shape index (κ2) is 5.34. The average Bonchev–Trinajstić information content (AvgIpc) is 2.88. The number of H-pyrrole nitrogens is 1. The van der Waals surface area contributed by atoms with E-state index in [0.717, 1.165) is 11.3 Å². The van der Waals surface area contributed by atoms with E-state index in [9.17, 15) is 4.79 Å². The molecule has 0 spiro atoms. The Hall–Kier alpha value is -1.72. The quantitative estimate of drug-likeness (QED) is 0.745. The molecule has 0 fully saturated rings. The first-order chi connectivity index (χ1) is 9.66. The smallest absolute Gasteiger partial charge is 0.263 e. The van der Waals surface area contributed by atoms with Gasteiger partial charge in [-0.1, -0.05) is 30.3 Å². The van der Waals surface area contributed by atoms with Crippen molar-refractivity contribution in [3.05, 3.63) is 62.5 Å². The van der Waals surface area contributed by atoms with E-state index in [0.29, 0.717) is 10.2 Å². The van der Waals surface area contributed by atoms with Gasteiger partial charge in [-0.3, -0.25) is 9.36 Å². The normalized spacial score (nSPS) is 12.7. The van der Waals surface area contributed by atoms with Crippen molar-refractivity contribution in [1.29, 1.82) is 0 Å². The maximum absolute atomic E-state index is 12.5. The molecule has 1 N–H and O–H groups in total. The molecule has 1 atom stereocenters. The number of nitrogens with zero attached hydrogens (tertiary/aromatic N) is 1. The molecule has 0 saturated heterocycles. The minimum absolute atomic E-state index is 0.00608. The highest BCUT2D eigenvalue weighted by Crippen LogP contribution is 2.17. The first-order valence-corrected chi connectivity index (χ1v) is 7.71. The lowest BCUT2D eigenvalue weighted by Crippen LogP contribution is -2.25. The molecule has 20 heavy (non-hydrogen) atoms. The molecule has 102 valence electrons. The fourth-order valence-corrected chi connectivity index (χ4v) is 3.61. The molecule has 2 heterocycles. The van der Waals surface area contributed by atoms with Crippen molar-refractivity contribution in [2.45, 2.75) is 19.4 Å². The molecule has 0 radical (unpaired) electrons. The summed E-state index contributed by atoms with van der Waals surface area (Å²) in [4.78, 5) is 16.5. The minimum atomic E-state index is -0.00608. The lowest BCUT2D eigenvalue weighted by atomic mass is 10.1. The van der Waals surface area contributed by atoms with Crippen LogP contribution >= 0.6 is 23.6 Å². The van der Waals surface area contributed by atoms with E-state index >= 15 is 0 Å². The molecule has 1 aromatic carbocycles. The number of benzene rings is 1. The molecule has 0 aliphatic rings. The van der Waals surface area contributed by atoms with Gasteiger partial charge in [0.2, 0.25) is 0 Å². The molecule has 3 rings (SSSR count). The van der Waals surface area contributed by atoms with Crippen molar-refractivity contribution in [2.24, 2.45) is 0 Å². The van der Waals surface area contributed by atoms with E-state index in [4.69, 9.17) is 12.2 Å². The van der Waals surface area contributed by atoms with Gasteiger partial charge in [-0.15, -0.1) is 11.3 Å². The van der Waals surface area contributed by atoms with Crippen LogP contribution in [0.15, 0.2) is 46.6 Å². The van der Waals surface area contributed by atoms with Gasteiger partial charge < -0.3 is 4.98 Å². The first-order valence-electron chi connectivity index (χ1n) is 6.43. The van der Waals surface area contributed by atoms with Crippen LogP contribution in [0.1, 0.15) is 18.5 Å². The summed E-state index contributed by atoms with van der Waals surface area (Å²) < 4.78 is 2.17. The number of fused-ring (bicyclic) bond motifs is 1. The lowest BCUT2D eigenvalue weighted by molar-refractivity contribution is 0.517. The van der Waals surface area contributed by atoms with E-state index in [2.05, 4.69) is 17.1 Å². The van der Waals surface area contributed by atoms with Crippen molar-refractivity contribution in [3.8, 4) is 0 Å². The van der Waals surface area contributed by atoms with Crippen LogP contribution in [-0.4, -0.2) is 9.55 Å². The maximum Gasteiger partial charge on any atom is 0.263 e. The van der Waals surface area contributed by atoms with Crippen molar-refractivity contribution in [1.82, 2.24) is 9.55 Å². The third-order valence-corrected chi connectivity index (χ3v) is 4.50. The van der Waals surface area contributed by atoms with Crippen LogP contribution in [0.3, 0.4) is 0 Å². The summed E-state index contributed by atoms with van der Waals surface area (Å²) in [5, 5.41) is 2.62. The van der Waals surface area contributed by atoms with Gasteiger partial charge in [-0.05, 0) is 42.6 Å². The van der Waals surface area contributed by atoms with Crippen LogP contribution in [0, 0.1) is 4.77 Å². The summed E-state index contributed by atoms with van der Waals surface area (Å²) in [6, 6.07) is 12.0. The number of hydrogen-bond donors (Lipinski definition) is 1. The summed E-state index contributed by atoms with van der Waals surface area (Å²) in [6.07, 6.45) is 0.786. The summed E-state index contributed by atoms with van der Waals surface area (Å²) >= 11 is 6.84. The Morgan fingerprint density at radius 3 is 2.80 bits per heavy atom. The third kappa shape index (κ3) is 2.34. The highest BCUT2D eigenvalue weighted by Gasteiger charge is 2.12. The predicted octanol–water partition coefficient (Wildman–Crippen LogP) is 3.92. The molecule has 5 heteroatoms. The van der Waals surface area contributed by atoms with Crippen LogP contribution < -0.4 is 5.56 Å². The van der Waals surface area contributed by atoms with Crippen molar-refractivity contribution >= 4 is 33.8 Å². The van der Waals surface area contributed by atoms with Crippen molar-refractivity contribution < 1.29 is 0 Å². The Morgan fingerprint density at radius 2 is 2.05 bits per heavy atom. The van der Waals surface area contributed by atoms with E-state index in [1.165, 1.54) is 16.9 Å². The molecule has 3 aromatic rings. The van der Waals surface area contributed by atoms with E-state index in [1.54, 1.807) is 4.57 Å². The van der Waals surface area contributed by atoms with E-state index in [-0.39, 0.29) is 11.6 Å². The first kappa shape index (κ1) is 13.3. The Morgan fingerprint density at radius 1 is 1.30 bits per heavy atom. The molecule has 3 nitrogen and oxygen atoms in total. The molecule has 0 aliphatic heterocycles. The van der Waals surface area contributed by atoms with Gasteiger partial charge in [-0.2, -0.15) is 0 Å². The molecule has 2 aromatic heterocycles. The molecule has 0 saturated carbocycles. The standard InChI is InChI=1S/C15H14N2OS2/c1-10(9-11-5-3-2-4-6-11)17-14(18)12-7-8-20-13(12)16-15(17)19/h2-8,10H,9H2,1H3,(H,16,19). The van der Waals surface area contributed by atoms with Gasteiger partial charge in [0.25, 0.3) is 5.56 Å². The SMILES string of the molecule is CC(Cc1ccccc1)n1c(=S)[nH]c2sccc2c1=O. The van der Waals surface area contributed by atoms with Crippen LogP contribution in [0.4, 0.5) is 0 Å². The molecular weight excluding hydrogens is 288 g/mol. The molecule has 0 amide bonds. The molecule has 1 unspecified atom stereocenters. The zero-order chi connectivity index (χ0) is 14.1. The zero-order valence-electron chi connectivity index (χ0n) is 11.0. The second-order valence-electron chi connectivity index (χ2n) is 4.81. The minimum Gasteiger partial charge on any atom is -0.323 e. The van der Waals surface area contributed by atoms with E-state index in [1.807, 2.05) is 36.6 Å². The van der Waals surface area contributed by atoms with Crippen molar-refractivity contribution in [2.75, 3.05) is 0 Å². The van der Waals surface area contributed by atoms with Crippen LogP contribution in [0.5, 0.6) is 0 Å². The van der Waals surface area contributed by atoms with Gasteiger partial charge in [0.15, 0.2) is 4.77 Å². The monoisotopic (exact) mass is 302 g/mol. The Balaban J connectivity index is 2.05. The molecule has 0 bridgehead atoms. The van der Waals surface area contributed by atoms with Crippen LogP contribution in [0.25, 0.3) is 10.2 Å². The number of nitrogens with one attached hydrogen (secondary N) is 1. The second-order valence-corrected chi connectivity index (χ2v) is 6.11. The third-order valence-electron chi connectivity index (χ3n) is 3.37. The topological polar surface area (TPSA) is 37.8 Å². The fourth-order valence-electron chi connectivity index (χ4n) is 2.40.